The third-order valence-electron chi connectivity index (χ3n) is 2.23. The lowest BCUT2D eigenvalue weighted by molar-refractivity contribution is 0.196. The summed E-state index contributed by atoms with van der Waals surface area (Å²) in [5.41, 5.74) is 6.66. The monoisotopic (exact) mass is 245 g/mol. The van der Waals surface area contributed by atoms with Gasteiger partial charge in [-0.05, 0) is 30.7 Å². The maximum Gasteiger partial charge on any atom is 0.0631 e. The van der Waals surface area contributed by atoms with Crippen molar-refractivity contribution in [3.05, 3.63) is 28.8 Å². The maximum absolute atomic E-state index is 9.42. The van der Waals surface area contributed by atoms with Crippen molar-refractivity contribution >= 4 is 23.4 Å². The third kappa shape index (κ3) is 3.68. The summed E-state index contributed by atoms with van der Waals surface area (Å²) in [4.78, 5) is 1.09. The molecule has 0 fully saturated rings. The number of aliphatic hydroxyl groups is 1. The SMILES string of the molecule is CC(O)C(C)Sc1ccc(Cl)cc1CN. The second-order valence-electron chi connectivity index (χ2n) is 3.52. The standard InChI is InChI=1S/C11H16ClNOS/c1-7(14)8(2)15-11-4-3-10(12)5-9(11)6-13/h3-5,7-8,14H,6,13H2,1-2H3. The normalized spacial score (nSPS) is 15.0. The summed E-state index contributed by atoms with van der Waals surface area (Å²) in [5, 5.41) is 10.3. The van der Waals surface area contributed by atoms with Gasteiger partial charge in [0.2, 0.25) is 0 Å². The van der Waals surface area contributed by atoms with E-state index in [1.54, 1.807) is 18.7 Å². The van der Waals surface area contributed by atoms with Gasteiger partial charge in [0.1, 0.15) is 0 Å². The van der Waals surface area contributed by atoms with Gasteiger partial charge in [-0.1, -0.05) is 18.5 Å². The predicted molar refractivity (Wildman–Crippen MR) is 66.3 cm³/mol. The third-order valence-corrected chi connectivity index (χ3v) is 3.89. The lowest BCUT2D eigenvalue weighted by Crippen LogP contribution is -2.15. The summed E-state index contributed by atoms with van der Waals surface area (Å²) in [5.74, 6) is 0. The van der Waals surface area contributed by atoms with Crippen LogP contribution in [0.5, 0.6) is 0 Å². The fraction of sp³-hybridized carbons (Fsp3) is 0.455. The van der Waals surface area contributed by atoms with Crippen molar-refractivity contribution < 1.29 is 5.11 Å². The van der Waals surface area contributed by atoms with E-state index in [9.17, 15) is 5.11 Å². The summed E-state index contributed by atoms with van der Waals surface area (Å²) in [7, 11) is 0. The Kier molecular flexibility index (Phi) is 4.93. The molecule has 1 aromatic carbocycles. The number of nitrogens with two attached hydrogens (primary N) is 1. The van der Waals surface area contributed by atoms with Crippen LogP contribution in [0, 0.1) is 0 Å². The average Bonchev–Trinajstić information content (AvgIpc) is 2.20. The largest absolute Gasteiger partial charge is 0.392 e. The Morgan fingerprint density at radius 1 is 1.47 bits per heavy atom. The van der Waals surface area contributed by atoms with Gasteiger partial charge in [0.05, 0.1) is 6.10 Å². The fourth-order valence-electron chi connectivity index (χ4n) is 1.12. The number of benzene rings is 1. The quantitative estimate of drug-likeness (QED) is 0.802. The topological polar surface area (TPSA) is 46.2 Å². The summed E-state index contributed by atoms with van der Waals surface area (Å²) < 4.78 is 0. The Bertz CT molecular complexity index is 330. The van der Waals surface area contributed by atoms with Gasteiger partial charge in [-0.15, -0.1) is 11.8 Å². The lowest BCUT2D eigenvalue weighted by atomic mass is 10.2. The Morgan fingerprint density at radius 3 is 2.67 bits per heavy atom. The highest BCUT2D eigenvalue weighted by molar-refractivity contribution is 8.00. The molecule has 0 aliphatic heterocycles. The van der Waals surface area contributed by atoms with E-state index in [1.165, 1.54) is 0 Å². The van der Waals surface area contributed by atoms with Gasteiger partial charge >= 0.3 is 0 Å². The Morgan fingerprint density at radius 2 is 2.13 bits per heavy atom. The molecular weight excluding hydrogens is 230 g/mol. The van der Waals surface area contributed by atoms with E-state index < -0.39 is 0 Å². The van der Waals surface area contributed by atoms with Gasteiger partial charge in [0.25, 0.3) is 0 Å². The molecule has 1 aromatic rings. The minimum absolute atomic E-state index is 0.150. The molecule has 4 heteroatoms. The van der Waals surface area contributed by atoms with Crippen LogP contribution in [0.1, 0.15) is 19.4 Å². The van der Waals surface area contributed by atoms with Crippen molar-refractivity contribution in [3.8, 4) is 0 Å². The smallest absolute Gasteiger partial charge is 0.0631 e. The average molecular weight is 246 g/mol. The first-order chi connectivity index (χ1) is 7.04. The molecule has 15 heavy (non-hydrogen) atoms. The molecular formula is C11H16ClNOS. The van der Waals surface area contributed by atoms with Crippen molar-refractivity contribution in [1.82, 2.24) is 0 Å². The summed E-state index contributed by atoms with van der Waals surface area (Å²) in [6, 6.07) is 5.67. The first kappa shape index (κ1) is 12.8. The molecule has 0 aromatic heterocycles. The van der Waals surface area contributed by atoms with Crippen LogP contribution in [0.3, 0.4) is 0 Å². The van der Waals surface area contributed by atoms with Crippen LogP contribution >= 0.6 is 23.4 Å². The zero-order valence-electron chi connectivity index (χ0n) is 8.90. The van der Waals surface area contributed by atoms with Gasteiger partial charge < -0.3 is 10.8 Å². The van der Waals surface area contributed by atoms with Crippen LogP contribution in [0.15, 0.2) is 23.1 Å². The van der Waals surface area contributed by atoms with Crippen molar-refractivity contribution in [2.75, 3.05) is 0 Å². The molecule has 0 saturated heterocycles. The Hall–Kier alpha value is -0.220. The molecule has 2 nitrogen and oxygen atoms in total. The molecule has 0 amide bonds. The van der Waals surface area contributed by atoms with Crippen LogP contribution in [0.25, 0.3) is 0 Å². The zero-order chi connectivity index (χ0) is 11.4. The molecule has 0 aliphatic rings. The van der Waals surface area contributed by atoms with E-state index in [0.29, 0.717) is 11.6 Å². The summed E-state index contributed by atoms with van der Waals surface area (Å²) in [6.07, 6.45) is -0.337. The van der Waals surface area contributed by atoms with Crippen molar-refractivity contribution in [3.63, 3.8) is 0 Å². The van der Waals surface area contributed by atoms with E-state index in [0.717, 1.165) is 10.5 Å². The predicted octanol–water partition coefficient (Wildman–Crippen LogP) is 2.66. The van der Waals surface area contributed by atoms with Gasteiger partial charge in [-0.2, -0.15) is 0 Å². The molecule has 0 spiro atoms. The van der Waals surface area contributed by atoms with E-state index in [2.05, 4.69) is 0 Å². The summed E-state index contributed by atoms with van der Waals surface area (Å²) in [6.45, 7) is 4.25. The summed E-state index contributed by atoms with van der Waals surface area (Å²) >= 11 is 7.50. The van der Waals surface area contributed by atoms with Crippen molar-refractivity contribution in [2.24, 2.45) is 5.73 Å². The highest BCUT2D eigenvalue weighted by atomic mass is 35.5. The fourth-order valence-corrected chi connectivity index (χ4v) is 2.35. The number of halogens is 1. The molecule has 2 unspecified atom stereocenters. The van der Waals surface area contributed by atoms with E-state index in [1.807, 2.05) is 25.1 Å². The highest BCUT2D eigenvalue weighted by Gasteiger charge is 2.12. The number of thioether (sulfide) groups is 1. The first-order valence-corrected chi connectivity index (χ1v) is 6.13. The van der Waals surface area contributed by atoms with Gasteiger partial charge in [-0.3, -0.25) is 0 Å². The van der Waals surface area contributed by atoms with E-state index in [4.69, 9.17) is 17.3 Å². The van der Waals surface area contributed by atoms with Crippen LogP contribution in [0.4, 0.5) is 0 Å². The van der Waals surface area contributed by atoms with Gasteiger partial charge in [-0.25, -0.2) is 0 Å². The van der Waals surface area contributed by atoms with Crippen molar-refractivity contribution in [2.45, 2.75) is 36.6 Å². The molecule has 1 rings (SSSR count). The minimum atomic E-state index is -0.337. The number of rotatable bonds is 4. The van der Waals surface area contributed by atoms with Gasteiger partial charge in [0, 0.05) is 21.7 Å². The highest BCUT2D eigenvalue weighted by Crippen LogP contribution is 2.30. The zero-order valence-corrected chi connectivity index (χ0v) is 10.5. The van der Waals surface area contributed by atoms with Crippen LogP contribution in [-0.2, 0) is 6.54 Å². The number of hydrogen-bond donors (Lipinski definition) is 2. The second-order valence-corrected chi connectivity index (χ2v) is 5.38. The molecule has 0 aliphatic carbocycles. The van der Waals surface area contributed by atoms with Crippen LogP contribution < -0.4 is 5.73 Å². The molecule has 84 valence electrons. The van der Waals surface area contributed by atoms with Gasteiger partial charge in [0.15, 0.2) is 0 Å². The first-order valence-electron chi connectivity index (χ1n) is 4.87. The minimum Gasteiger partial charge on any atom is -0.392 e. The maximum atomic E-state index is 9.42. The van der Waals surface area contributed by atoms with Crippen LogP contribution in [-0.4, -0.2) is 16.5 Å². The molecule has 3 N–H and O–H groups in total. The molecule has 0 radical (unpaired) electrons. The molecule has 0 heterocycles. The second kappa shape index (κ2) is 5.75. The number of hydrogen-bond acceptors (Lipinski definition) is 3. The van der Waals surface area contributed by atoms with Crippen molar-refractivity contribution in [1.29, 1.82) is 0 Å². The molecule has 0 bridgehead atoms. The Balaban J connectivity index is 2.84. The Labute approximate surface area is 99.8 Å². The molecule has 2 atom stereocenters. The lowest BCUT2D eigenvalue weighted by Gasteiger charge is -2.16. The molecule has 0 saturated carbocycles. The van der Waals surface area contributed by atoms with E-state index in [-0.39, 0.29) is 11.4 Å². The van der Waals surface area contributed by atoms with Crippen LogP contribution in [0.2, 0.25) is 5.02 Å². The number of aliphatic hydroxyl groups excluding tert-OH is 1. The van der Waals surface area contributed by atoms with E-state index >= 15 is 0 Å².